The number of carbonyl (C=O) groups excluding carboxylic acids is 1. The molecule has 0 bridgehead atoms. The zero-order valence-electron chi connectivity index (χ0n) is 17.1. The highest BCUT2D eigenvalue weighted by atomic mass is 19.1. The highest BCUT2D eigenvalue weighted by Crippen LogP contribution is 2.22. The second-order valence-electron chi connectivity index (χ2n) is 7.61. The molecular weight excluding hydrogens is 398 g/mol. The SMILES string of the molecule is Cc1ccccc1C1=NO[C@H](CN(Cc2cccc(F)c2)C(=O)c2cccc(F)c2)C1. The van der Waals surface area contributed by atoms with Crippen LogP contribution in [0.5, 0.6) is 0 Å². The van der Waals surface area contributed by atoms with Gasteiger partial charge in [-0.25, -0.2) is 8.78 Å². The summed E-state index contributed by atoms with van der Waals surface area (Å²) in [6.07, 6.45) is 0.196. The van der Waals surface area contributed by atoms with Gasteiger partial charge in [-0.1, -0.05) is 47.6 Å². The summed E-state index contributed by atoms with van der Waals surface area (Å²) in [5.74, 6) is -1.21. The maximum atomic E-state index is 13.7. The van der Waals surface area contributed by atoms with Crippen LogP contribution >= 0.6 is 0 Å². The molecule has 0 spiro atoms. The van der Waals surface area contributed by atoms with Gasteiger partial charge >= 0.3 is 0 Å². The maximum absolute atomic E-state index is 13.7. The highest BCUT2D eigenvalue weighted by Gasteiger charge is 2.28. The molecule has 0 aliphatic carbocycles. The van der Waals surface area contributed by atoms with Crippen molar-refractivity contribution in [3.63, 3.8) is 0 Å². The molecule has 0 saturated heterocycles. The first-order chi connectivity index (χ1) is 15.0. The Labute approximate surface area is 179 Å². The van der Waals surface area contributed by atoms with Gasteiger partial charge in [0.25, 0.3) is 5.91 Å². The van der Waals surface area contributed by atoms with Gasteiger partial charge in [-0.15, -0.1) is 0 Å². The molecule has 31 heavy (non-hydrogen) atoms. The second kappa shape index (κ2) is 9.08. The molecule has 0 unspecified atom stereocenters. The van der Waals surface area contributed by atoms with Crippen LogP contribution in [0.3, 0.4) is 0 Å². The standard InChI is InChI=1S/C25H22F2N2O2/c1-17-6-2-3-11-23(17)24-14-22(31-28-24)16-29(15-18-7-4-9-20(26)12-18)25(30)19-8-5-10-21(27)13-19/h2-13,22H,14-16H2,1H3/t22-/m0/s1. The van der Waals surface area contributed by atoms with E-state index in [1.54, 1.807) is 23.1 Å². The fraction of sp³-hybridized carbons (Fsp3) is 0.200. The van der Waals surface area contributed by atoms with E-state index < -0.39 is 5.82 Å². The maximum Gasteiger partial charge on any atom is 0.254 e. The summed E-state index contributed by atoms with van der Waals surface area (Å²) < 4.78 is 27.4. The van der Waals surface area contributed by atoms with Crippen LogP contribution in [0.4, 0.5) is 8.78 Å². The molecule has 3 aromatic carbocycles. The van der Waals surface area contributed by atoms with Crippen molar-refractivity contribution in [1.29, 1.82) is 0 Å². The minimum Gasteiger partial charge on any atom is -0.390 e. The van der Waals surface area contributed by atoms with Crippen molar-refractivity contribution >= 4 is 11.6 Å². The van der Waals surface area contributed by atoms with Gasteiger partial charge in [0, 0.05) is 24.1 Å². The minimum atomic E-state index is -0.487. The van der Waals surface area contributed by atoms with Crippen LogP contribution < -0.4 is 0 Å². The summed E-state index contributed by atoms with van der Waals surface area (Å²) in [6.45, 7) is 2.42. The van der Waals surface area contributed by atoms with Crippen molar-refractivity contribution in [1.82, 2.24) is 4.90 Å². The van der Waals surface area contributed by atoms with Gasteiger partial charge < -0.3 is 9.74 Å². The average molecular weight is 420 g/mol. The summed E-state index contributed by atoms with van der Waals surface area (Å²) >= 11 is 0. The quantitative estimate of drug-likeness (QED) is 0.556. The molecule has 0 N–H and O–H groups in total. The van der Waals surface area contributed by atoms with E-state index in [4.69, 9.17) is 4.84 Å². The average Bonchev–Trinajstić information content (AvgIpc) is 3.21. The van der Waals surface area contributed by atoms with Crippen molar-refractivity contribution in [2.45, 2.75) is 26.0 Å². The van der Waals surface area contributed by atoms with Crippen molar-refractivity contribution < 1.29 is 18.4 Å². The second-order valence-corrected chi connectivity index (χ2v) is 7.61. The fourth-order valence-corrected chi connectivity index (χ4v) is 3.71. The smallest absolute Gasteiger partial charge is 0.254 e. The number of carbonyl (C=O) groups is 1. The van der Waals surface area contributed by atoms with Crippen LogP contribution in [0, 0.1) is 18.6 Å². The van der Waals surface area contributed by atoms with Crippen LogP contribution in [0.25, 0.3) is 0 Å². The largest absolute Gasteiger partial charge is 0.390 e. The van der Waals surface area contributed by atoms with E-state index in [1.165, 1.54) is 30.3 Å². The summed E-state index contributed by atoms with van der Waals surface area (Å²) in [4.78, 5) is 20.3. The van der Waals surface area contributed by atoms with Gasteiger partial charge in [0.1, 0.15) is 11.6 Å². The first-order valence-electron chi connectivity index (χ1n) is 10.1. The molecule has 0 aromatic heterocycles. The van der Waals surface area contributed by atoms with Crippen molar-refractivity contribution in [3.05, 3.63) is 107 Å². The summed E-state index contributed by atoms with van der Waals surface area (Å²) in [6, 6.07) is 19.5. The first kappa shape index (κ1) is 20.7. The molecule has 0 fully saturated rings. The molecule has 1 atom stereocenters. The van der Waals surface area contributed by atoms with Crippen LogP contribution in [-0.4, -0.2) is 29.2 Å². The van der Waals surface area contributed by atoms with E-state index >= 15 is 0 Å². The number of amides is 1. The lowest BCUT2D eigenvalue weighted by Gasteiger charge is -2.25. The number of aryl methyl sites for hydroxylation is 1. The lowest BCUT2D eigenvalue weighted by atomic mass is 10.00. The molecule has 1 heterocycles. The van der Waals surface area contributed by atoms with E-state index in [-0.39, 0.29) is 36.5 Å². The molecule has 1 aliphatic rings. The fourth-order valence-electron chi connectivity index (χ4n) is 3.71. The molecule has 0 saturated carbocycles. The molecule has 3 aromatic rings. The number of halogens is 2. The molecule has 4 rings (SSSR count). The zero-order chi connectivity index (χ0) is 21.8. The monoisotopic (exact) mass is 420 g/mol. The van der Waals surface area contributed by atoms with E-state index in [0.717, 1.165) is 16.8 Å². The van der Waals surface area contributed by atoms with E-state index in [9.17, 15) is 13.6 Å². The third-order valence-electron chi connectivity index (χ3n) is 5.23. The Morgan fingerprint density at radius 1 is 1.03 bits per heavy atom. The van der Waals surface area contributed by atoms with E-state index in [2.05, 4.69) is 5.16 Å². The van der Waals surface area contributed by atoms with Gasteiger partial charge in [-0.05, 0) is 48.4 Å². The van der Waals surface area contributed by atoms with Crippen LogP contribution in [0.1, 0.15) is 33.5 Å². The molecule has 1 aliphatic heterocycles. The van der Waals surface area contributed by atoms with Crippen LogP contribution in [0.15, 0.2) is 78.0 Å². The van der Waals surface area contributed by atoms with E-state index in [1.807, 2.05) is 31.2 Å². The number of benzene rings is 3. The predicted octanol–water partition coefficient (Wildman–Crippen LogP) is 5.11. The predicted molar refractivity (Wildman–Crippen MR) is 115 cm³/mol. The highest BCUT2D eigenvalue weighted by molar-refractivity contribution is 6.02. The summed E-state index contributed by atoms with van der Waals surface area (Å²) in [5.41, 5.74) is 3.81. The molecule has 6 heteroatoms. The van der Waals surface area contributed by atoms with Gasteiger partial charge in [-0.2, -0.15) is 0 Å². The van der Waals surface area contributed by atoms with Gasteiger partial charge in [-0.3, -0.25) is 4.79 Å². The lowest BCUT2D eigenvalue weighted by molar-refractivity contribution is 0.0404. The normalized spacial score (nSPS) is 15.3. The summed E-state index contributed by atoms with van der Waals surface area (Å²) in [7, 11) is 0. The minimum absolute atomic E-state index is 0.173. The number of hydrogen-bond donors (Lipinski definition) is 0. The topological polar surface area (TPSA) is 41.9 Å². The molecule has 4 nitrogen and oxygen atoms in total. The Morgan fingerprint density at radius 2 is 1.77 bits per heavy atom. The van der Waals surface area contributed by atoms with Crippen molar-refractivity contribution in [2.24, 2.45) is 5.16 Å². The molecular formula is C25H22F2N2O2. The van der Waals surface area contributed by atoms with Crippen LogP contribution in [-0.2, 0) is 11.4 Å². The lowest BCUT2D eigenvalue weighted by Crippen LogP contribution is -2.37. The zero-order valence-corrected chi connectivity index (χ0v) is 17.1. The number of oxime groups is 1. The summed E-state index contributed by atoms with van der Waals surface area (Å²) in [5, 5.41) is 4.23. The molecule has 1 amide bonds. The number of hydrogen-bond acceptors (Lipinski definition) is 3. The Balaban J connectivity index is 1.53. The van der Waals surface area contributed by atoms with Gasteiger partial charge in [0.15, 0.2) is 6.10 Å². The Hall–Kier alpha value is -3.54. The van der Waals surface area contributed by atoms with Crippen molar-refractivity contribution in [2.75, 3.05) is 6.54 Å². The molecule has 0 radical (unpaired) electrons. The Morgan fingerprint density at radius 3 is 2.52 bits per heavy atom. The van der Waals surface area contributed by atoms with Gasteiger partial charge in [0.05, 0.1) is 12.3 Å². The third kappa shape index (κ3) is 4.97. The third-order valence-corrected chi connectivity index (χ3v) is 5.23. The molecule has 158 valence electrons. The van der Waals surface area contributed by atoms with E-state index in [0.29, 0.717) is 12.0 Å². The Kier molecular flexibility index (Phi) is 6.07. The Bertz CT molecular complexity index is 1130. The first-order valence-corrected chi connectivity index (χ1v) is 10.1. The van der Waals surface area contributed by atoms with Crippen molar-refractivity contribution in [3.8, 4) is 0 Å². The number of nitrogens with zero attached hydrogens (tertiary/aromatic N) is 2. The van der Waals surface area contributed by atoms with Crippen LogP contribution in [0.2, 0.25) is 0 Å². The van der Waals surface area contributed by atoms with Gasteiger partial charge in [0.2, 0.25) is 0 Å². The number of rotatable bonds is 6.